The Balaban J connectivity index is 1.80. The van der Waals surface area contributed by atoms with E-state index < -0.39 is 17.2 Å². The molecule has 0 heterocycles. The van der Waals surface area contributed by atoms with Crippen LogP contribution in [0.1, 0.15) is 46.5 Å². The average molecular weight is 393 g/mol. The molecule has 0 radical (unpaired) electrons. The van der Waals surface area contributed by atoms with Gasteiger partial charge in [-0.25, -0.2) is 4.39 Å². The lowest BCUT2D eigenvalue weighted by Crippen LogP contribution is -2.66. The standard InChI is InChI=1S/C22H29FO3S/c1-12-9-16-15-6-5-13-10-14(24)7-8-21(13,3)22(15,23)17(25)11-20(16,2)18(12)19(26)27-4/h7-8,10,12,15-18,25H,5-6,9,11H2,1-4H3/t12-,15?,16?,17?,18?,20?,21?,22+/m1/s1. The predicted molar refractivity (Wildman–Crippen MR) is 105 cm³/mol. The average Bonchev–Trinajstić information content (AvgIpc) is 2.86. The highest BCUT2D eigenvalue weighted by molar-refractivity contribution is 8.13. The lowest BCUT2D eigenvalue weighted by Gasteiger charge is -2.61. The first-order chi connectivity index (χ1) is 12.6. The van der Waals surface area contributed by atoms with Gasteiger partial charge in [0.15, 0.2) is 16.6 Å². The zero-order valence-electron chi connectivity index (χ0n) is 16.5. The van der Waals surface area contributed by atoms with Crippen LogP contribution in [0.3, 0.4) is 0 Å². The van der Waals surface area contributed by atoms with Crippen LogP contribution >= 0.6 is 11.8 Å². The number of ketones is 1. The van der Waals surface area contributed by atoms with E-state index in [4.69, 9.17) is 0 Å². The number of aliphatic hydroxyl groups excluding tert-OH is 1. The van der Waals surface area contributed by atoms with E-state index in [2.05, 4.69) is 13.8 Å². The van der Waals surface area contributed by atoms with Crippen molar-refractivity contribution in [3.05, 3.63) is 23.8 Å². The lowest BCUT2D eigenvalue weighted by atomic mass is 9.45. The van der Waals surface area contributed by atoms with Gasteiger partial charge in [0.05, 0.1) is 6.10 Å². The maximum absolute atomic E-state index is 16.9. The number of halogens is 1. The molecular weight excluding hydrogens is 363 g/mol. The van der Waals surface area contributed by atoms with Crippen molar-refractivity contribution in [3.8, 4) is 0 Å². The third-order valence-electron chi connectivity index (χ3n) is 8.44. The number of thioether (sulfide) groups is 1. The van der Waals surface area contributed by atoms with Crippen molar-refractivity contribution in [3.63, 3.8) is 0 Å². The summed E-state index contributed by atoms with van der Waals surface area (Å²) in [4.78, 5) is 24.5. The van der Waals surface area contributed by atoms with Gasteiger partial charge in [-0.15, -0.1) is 0 Å². The topological polar surface area (TPSA) is 54.4 Å². The Morgan fingerprint density at radius 3 is 2.70 bits per heavy atom. The van der Waals surface area contributed by atoms with Gasteiger partial charge in [0, 0.05) is 17.3 Å². The zero-order chi connectivity index (χ0) is 19.8. The zero-order valence-corrected chi connectivity index (χ0v) is 17.3. The molecule has 3 fully saturated rings. The van der Waals surface area contributed by atoms with Gasteiger partial charge in [-0.2, -0.15) is 0 Å². The minimum absolute atomic E-state index is 0.0754. The first-order valence-corrected chi connectivity index (χ1v) is 11.2. The van der Waals surface area contributed by atoms with Gasteiger partial charge >= 0.3 is 0 Å². The Kier molecular flexibility index (Phi) is 4.33. The van der Waals surface area contributed by atoms with Crippen molar-refractivity contribution < 1.29 is 19.1 Å². The molecule has 0 aromatic carbocycles. The van der Waals surface area contributed by atoms with E-state index in [1.54, 1.807) is 12.2 Å². The Labute approximate surface area is 164 Å². The fraction of sp³-hybridized carbons (Fsp3) is 0.727. The summed E-state index contributed by atoms with van der Waals surface area (Å²) in [5, 5.41) is 11.3. The predicted octanol–water partition coefficient (Wildman–Crippen LogP) is 4.11. The minimum Gasteiger partial charge on any atom is -0.390 e. The van der Waals surface area contributed by atoms with Gasteiger partial charge in [-0.1, -0.05) is 37.3 Å². The number of aliphatic hydroxyl groups is 1. The Bertz CT molecular complexity index is 761. The highest BCUT2D eigenvalue weighted by Gasteiger charge is 2.71. The van der Waals surface area contributed by atoms with Gasteiger partial charge in [-0.05, 0) is 68.3 Å². The van der Waals surface area contributed by atoms with E-state index >= 15 is 4.39 Å². The van der Waals surface area contributed by atoms with Crippen LogP contribution in [0.5, 0.6) is 0 Å². The van der Waals surface area contributed by atoms with Gasteiger partial charge in [0.2, 0.25) is 0 Å². The Morgan fingerprint density at radius 1 is 1.33 bits per heavy atom. The molecule has 0 aromatic rings. The molecule has 8 atom stereocenters. The molecule has 4 aliphatic rings. The molecule has 0 spiro atoms. The number of allylic oxidation sites excluding steroid dienone is 4. The largest absolute Gasteiger partial charge is 0.390 e. The van der Waals surface area contributed by atoms with Crippen molar-refractivity contribution in [2.24, 2.45) is 34.5 Å². The highest BCUT2D eigenvalue weighted by Crippen LogP contribution is 2.70. The number of fused-ring (bicyclic) bond motifs is 5. The summed E-state index contributed by atoms with van der Waals surface area (Å²) in [6.45, 7) is 6.03. The molecule has 0 aliphatic heterocycles. The monoisotopic (exact) mass is 392 g/mol. The molecule has 0 amide bonds. The number of alkyl halides is 1. The molecular formula is C22H29FO3S. The van der Waals surface area contributed by atoms with E-state index in [9.17, 15) is 14.7 Å². The van der Waals surface area contributed by atoms with Crippen LogP contribution in [-0.2, 0) is 9.59 Å². The van der Waals surface area contributed by atoms with Gasteiger partial charge in [0.1, 0.15) is 0 Å². The SMILES string of the molecule is CSC(=O)C1[C@H](C)CC2C3CCC4=CC(=O)C=CC4(C)[C@@]3(F)C(O)CC21C. The normalized spacial score (nSPS) is 51.3. The van der Waals surface area contributed by atoms with E-state index in [0.717, 1.165) is 12.0 Å². The molecule has 3 nitrogen and oxygen atoms in total. The molecule has 5 heteroatoms. The summed E-state index contributed by atoms with van der Waals surface area (Å²) in [5.74, 6) is -0.257. The summed E-state index contributed by atoms with van der Waals surface area (Å²) in [6, 6.07) is 0. The third-order valence-corrected chi connectivity index (χ3v) is 9.09. The van der Waals surface area contributed by atoms with Crippen LogP contribution in [0.15, 0.2) is 23.8 Å². The maximum Gasteiger partial charge on any atom is 0.192 e. The van der Waals surface area contributed by atoms with Crippen LogP contribution in [-0.4, -0.2) is 34.0 Å². The van der Waals surface area contributed by atoms with Crippen molar-refractivity contribution in [1.29, 1.82) is 0 Å². The quantitative estimate of drug-likeness (QED) is 0.730. The van der Waals surface area contributed by atoms with Crippen molar-refractivity contribution >= 4 is 22.7 Å². The second-order valence-corrected chi connectivity index (χ2v) is 10.4. The minimum atomic E-state index is -1.80. The summed E-state index contributed by atoms with van der Waals surface area (Å²) >= 11 is 1.26. The first-order valence-electron chi connectivity index (χ1n) is 9.98. The molecule has 0 aromatic heterocycles. The highest BCUT2D eigenvalue weighted by atomic mass is 32.2. The van der Waals surface area contributed by atoms with E-state index in [1.807, 2.05) is 13.2 Å². The summed E-state index contributed by atoms with van der Waals surface area (Å²) in [6.07, 6.45) is 7.81. The molecule has 4 aliphatic carbocycles. The Morgan fingerprint density at radius 2 is 2.04 bits per heavy atom. The molecule has 4 rings (SSSR count). The lowest BCUT2D eigenvalue weighted by molar-refractivity contribution is -0.194. The van der Waals surface area contributed by atoms with E-state index in [0.29, 0.717) is 19.3 Å². The second-order valence-electron chi connectivity index (χ2n) is 9.57. The van der Waals surface area contributed by atoms with Crippen LogP contribution in [0, 0.1) is 34.5 Å². The molecule has 3 saturated carbocycles. The number of hydrogen-bond acceptors (Lipinski definition) is 4. The van der Waals surface area contributed by atoms with Gasteiger partial charge in [-0.3, -0.25) is 9.59 Å². The second kappa shape index (κ2) is 6.03. The van der Waals surface area contributed by atoms with Crippen molar-refractivity contribution in [1.82, 2.24) is 0 Å². The van der Waals surface area contributed by atoms with Crippen molar-refractivity contribution in [2.45, 2.75) is 58.2 Å². The molecule has 1 N–H and O–H groups in total. The van der Waals surface area contributed by atoms with Crippen LogP contribution < -0.4 is 0 Å². The first kappa shape index (κ1) is 19.4. The fourth-order valence-corrected chi connectivity index (χ4v) is 7.96. The molecule has 0 bridgehead atoms. The number of carbonyl (C=O) groups is 2. The third kappa shape index (κ3) is 2.30. The van der Waals surface area contributed by atoms with Crippen LogP contribution in [0.2, 0.25) is 0 Å². The van der Waals surface area contributed by atoms with Crippen LogP contribution in [0.4, 0.5) is 4.39 Å². The molecule has 148 valence electrons. The molecule has 0 saturated heterocycles. The van der Waals surface area contributed by atoms with E-state index in [-0.39, 0.29) is 40.0 Å². The maximum atomic E-state index is 16.9. The summed E-state index contributed by atoms with van der Waals surface area (Å²) in [7, 11) is 0. The molecule has 6 unspecified atom stereocenters. The number of rotatable bonds is 1. The molecule has 27 heavy (non-hydrogen) atoms. The number of carbonyl (C=O) groups excluding carboxylic acids is 2. The van der Waals surface area contributed by atoms with Crippen LogP contribution in [0.25, 0.3) is 0 Å². The smallest absolute Gasteiger partial charge is 0.192 e. The van der Waals surface area contributed by atoms with Gasteiger partial charge in [0.25, 0.3) is 0 Å². The summed E-state index contributed by atoms with van der Waals surface area (Å²) < 4.78 is 16.9. The van der Waals surface area contributed by atoms with E-state index in [1.165, 1.54) is 17.8 Å². The fourth-order valence-electron chi connectivity index (χ4n) is 7.21. The van der Waals surface area contributed by atoms with Crippen molar-refractivity contribution in [2.75, 3.05) is 6.26 Å². The number of hydrogen-bond donors (Lipinski definition) is 1. The summed E-state index contributed by atoms with van der Waals surface area (Å²) in [5.41, 5.74) is -2.31. The Hall–Kier alpha value is -0.940. The van der Waals surface area contributed by atoms with Gasteiger partial charge < -0.3 is 5.11 Å².